The lowest BCUT2D eigenvalue weighted by atomic mass is 9.87. The number of fused-ring (bicyclic) bond motifs is 1. The molecule has 1 saturated carbocycles. The van der Waals surface area contributed by atoms with Gasteiger partial charge in [0.1, 0.15) is 11.3 Å². The van der Waals surface area contributed by atoms with Crippen LogP contribution < -0.4 is 16.4 Å². The zero-order valence-electron chi connectivity index (χ0n) is 16.5. The predicted molar refractivity (Wildman–Crippen MR) is 117 cm³/mol. The Labute approximate surface area is 169 Å². The Balaban J connectivity index is 1.51. The molecule has 1 fully saturated rings. The van der Waals surface area contributed by atoms with Gasteiger partial charge in [-0.3, -0.25) is 4.90 Å². The lowest BCUT2D eigenvalue weighted by Crippen LogP contribution is -2.58. The normalized spacial score (nSPS) is 18.7. The van der Waals surface area contributed by atoms with E-state index in [1.807, 2.05) is 12.3 Å². The van der Waals surface area contributed by atoms with Gasteiger partial charge in [-0.2, -0.15) is 4.99 Å². The summed E-state index contributed by atoms with van der Waals surface area (Å²) in [6.45, 7) is 2.07. The molecule has 0 radical (unpaired) electrons. The number of pyridine rings is 1. The van der Waals surface area contributed by atoms with Crippen molar-refractivity contribution >= 4 is 23.3 Å². The molecule has 1 aromatic carbocycles. The molecule has 0 bridgehead atoms. The summed E-state index contributed by atoms with van der Waals surface area (Å²) in [5.41, 5.74) is 17.0. The van der Waals surface area contributed by atoms with Crippen LogP contribution in [0.5, 0.6) is 0 Å². The average molecular weight is 387 g/mol. The Morgan fingerprint density at radius 2 is 1.76 bits per heavy atom. The number of nitrogens with two attached hydrogens (primary N) is 2. The fraction of sp³-hybridized carbons (Fsp3) is 0.318. The van der Waals surface area contributed by atoms with E-state index >= 15 is 0 Å². The second kappa shape index (κ2) is 6.62. The molecule has 0 amide bonds. The van der Waals surface area contributed by atoms with Crippen molar-refractivity contribution in [2.75, 3.05) is 4.90 Å². The Hall–Kier alpha value is -3.35. The third-order valence-electron chi connectivity index (χ3n) is 5.95. The largest absolute Gasteiger partial charge is 0.369 e. The third kappa shape index (κ3) is 2.93. The summed E-state index contributed by atoms with van der Waals surface area (Å²) in [5, 5.41) is 0. The van der Waals surface area contributed by atoms with Crippen molar-refractivity contribution in [3.05, 3.63) is 54.4 Å². The summed E-state index contributed by atoms with van der Waals surface area (Å²) in [6, 6.07) is 12.4. The molecule has 2 aliphatic rings. The fourth-order valence-corrected chi connectivity index (χ4v) is 4.57. The molecule has 5 rings (SSSR count). The van der Waals surface area contributed by atoms with Gasteiger partial charge in [-0.15, -0.1) is 0 Å². The summed E-state index contributed by atoms with van der Waals surface area (Å²) in [4.78, 5) is 15.8. The molecule has 7 nitrogen and oxygen atoms in total. The van der Waals surface area contributed by atoms with Crippen molar-refractivity contribution in [2.24, 2.45) is 21.5 Å². The minimum atomic E-state index is -0.421. The van der Waals surface area contributed by atoms with Gasteiger partial charge in [-0.1, -0.05) is 24.6 Å². The molecule has 1 aliphatic heterocycles. The third-order valence-corrected chi connectivity index (χ3v) is 5.95. The molecule has 7 heteroatoms. The Morgan fingerprint density at radius 1 is 1.00 bits per heavy atom. The van der Waals surface area contributed by atoms with E-state index in [1.165, 1.54) is 6.42 Å². The van der Waals surface area contributed by atoms with Crippen LogP contribution in [-0.2, 0) is 0 Å². The number of guanidine groups is 2. The summed E-state index contributed by atoms with van der Waals surface area (Å²) in [6.07, 6.45) is 9.37. The van der Waals surface area contributed by atoms with Crippen LogP contribution >= 0.6 is 0 Å². The highest BCUT2D eigenvalue weighted by Crippen LogP contribution is 2.39. The van der Waals surface area contributed by atoms with E-state index in [1.54, 1.807) is 0 Å². The topological polar surface area (TPSA) is 97.3 Å². The van der Waals surface area contributed by atoms with Gasteiger partial charge >= 0.3 is 0 Å². The summed E-state index contributed by atoms with van der Waals surface area (Å²) in [7, 11) is 0. The maximum atomic E-state index is 6.32. The van der Waals surface area contributed by atoms with Gasteiger partial charge in [0.25, 0.3) is 0 Å². The van der Waals surface area contributed by atoms with E-state index < -0.39 is 5.66 Å². The van der Waals surface area contributed by atoms with Crippen LogP contribution in [0.4, 0.5) is 5.69 Å². The van der Waals surface area contributed by atoms with E-state index in [2.05, 4.69) is 57.7 Å². The smallest absolute Gasteiger partial charge is 0.220 e. The summed E-state index contributed by atoms with van der Waals surface area (Å²) < 4.78 is 2.06. The van der Waals surface area contributed by atoms with Crippen LogP contribution in [-0.4, -0.2) is 27.0 Å². The molecule has 1 spiro atoms. The quantitative estimate of drug-likeness (QED) is 0.704. The molecule has 4 N–H and O–H groups in total. The number of rotatable bonds is 2. The van der Waals surface area contributed by atoms with E-state index in [0.29, 0.717) is 5.96 Å². The number of anilines is 1. The minimum Gasteiger partial charge on any atom is -0.369 e. The fourth-order valence-electron chi connectivity index (χ4n) is 4.57. The van der Waals surface area contributed by atoms with Crippen molar-refractivity contribution in [3.8, 4) is 11.3 Å². The van der Waals surface area contributed by atoms with E-state index in [4.69, 9.17) is 21.4 Å². The number of aryl methyl sites for hydroxylation is 1. The Kier molecular flexibility index (Phi) is 4.04. The number of aliphatic imine (C=N–C) groups is 2. The first-order chi connectivity index (χ1) is 14.1. The molecule has 0 unspecified atom stereocenters. The van der Waals surface area contributed by atoms with E-state index in [-0.39, 0.29) is 5.96 Å². The molecule has 1 aliphatic carbocycles. The number of hydrogen-bond donors (Lipinski definition) is 2. The zero-order valence-corrected chi connectivity index (χ0v) is 16.5. The molecule has 3 aromatic rings. The molecule has 3 heterocycles. The minimum absolute atomic E-state index is 0.275. The highest BCUT2D eigenvalue weighted by atomic mass is 15.4. The van der Waals surface area contributed by atoms with Gasteiger partial charge in [0, 0.05) is 23.6 Å². The molecule has 0 atom stereocenters. The van der Waals surface area contributed by atoms with Gasteiger partial charge in [-0.25, -0.2) is 9.98 Å². The van der Waals surface area contributed by atoms with Crippen molar-refractivity contribution in [1.29, 1.82) is 0 Å². The number of benzene rings is 1. The molecule has 0 saturated heterocycles. The van der Waals surface area contributed by atoms with Crippen molar-refractivity contribution < 1.29 is 0 Å². The standard InChI is InChI=1S/C22H25N7/c1-15-6-5-13-28-14-18(25-19(15)28)16-7-9-17(10-8-16)29-21(24)26-20(23)27-22(29)11-3-2-4-12-22/h5-10,13-14H,2-4,11-12H2,1H3,(H4,23,24,26,27). The van der Waals surface area contributed by atoms with Gasteiger partial charge in [0.05, 0.1) is 5.69 Å². The number of nitrogens with zero attached hydrogens (tertiary/aromatic N) is 5. The van der Waals surface area contributed by atoms with Crippen molar-refractivity contribution in [1.82, 2.24) is 9.38 Å². The van der Waals surface area contributed by atoms with Crippen LogP contribution in [0.25, 0.3) is 16.9 Å². The van der Waals surface area contributed by atoms with Crippen LogP contribution in [0.2, 0.25) is 0 Å². The summed E-state index contributed by atoms with van der Waals surface area (Å²) >= 11 is 0. The first-order valence-corrected chi connectivity index (χ1v) is 10.1. The molecule has 29 heavy (non-hydrogen) atoms. The second-order valence-electron chi connectivity index (χ2n) is 7.91. The van der Waals surface area contributed by atoms with Gasteiger partial charge in [0.15, 0.2) is 0 Å². The van der Waals surface area contributed by atoms with Gasteiger partial charge < -0.3 is 15.9 Å². The van der Waals surface area contributed by atoms with Crippen LogP contribution in [0.15, 0.2) is 58.8 Å². The highest BCUT2D eigenvalue weighted by molar-refractivity contribution is 6.05. The Morgan fingerprint density at radius 3 is 2.48 bits per heavy atom. The number of imidazole rings is 1. The molecule has 2 aromatic heterocycles. The average Bonchev–Trinajstić information content (AvgIpc) is 3.14. The van der Waals surface area contributed by atoms with E-state index in [0.717, 1.165) is 53.8 Å². The maximum Gasteiger partial charge on any atom is 0.220 e. The maximum absolute atomic E-state index is 6.32. The van der Waals surface area contributed by atoms with E-state index in [9.17, 15) is 0 Å². The zero-order chi connectivity index (χ0) is 20.0. The lowest BCUT2D eigenvalue weighted by molar-refractivity contribution is 0.305. The summed E-state index contributed by atoms with van der Waals surface area (Å²) in [5.74, 6) is 0.688. The van der Waals surface area contributed by atoms with Crippen molar-refractivity contribution in [2.45, 2.75) is 44.7 Å². The number of hydrogen-bond acceptors (Lipinski definition) is 6. The predicted octanol–water partition coefficient (Wildman–Crippen LogP) is 3.42. The van der Waals surface area contributed by atoms with Crippen LogP contribution in [0, 0.1) is 6.92 Å². The van der Waals surface area contributed by atoms with Crippen LogP contribution in [0.1, 0.15) is 37.7 Å². The lowest BCUT2D eigenvalue weighted by Gasteiger charge is -2.45. The Bertz CT molecular complexity index is 1120. The first-order valence-electron chi connectivity index (χ1n) is 10.1. The molecular weight excluding hydrogens is 362 g/mol. The highest BCUT2D eigenvalue weighted by Gasteiger charge is 2.42. The molecule has 148 valence electrons. The monoisotopic (exact) mass is 387 g/mol. The molecular formula is C22H25N7. The van der Waals surface area contributed by atoms with Gasteiger partial charge in [0.2, 0.25) is 11.9 Å². The second-order valence-corrected chi connectivity index (χ2v) is 7.91. The van der Waals surface area contributed by atoms with Crippen molar-refractivity contribution in [3.63, 3.8) is 0 Å². The SMILES string of the molecule is Cc1cccn2cc(-c3ccc(N4C(N)=NC(N)=NC45CCCCC5)cc3)nc12. The number of aromatic nitrogens is 2. The van der Waals surface area contributed by atoms with Gasteiger partial charge in [-0.05, 0) is 56.4 Å². The van der Waals surface area contributed by atoms with Crippen LogP contribution in [0.3, 0.4) is 0 Å². The first kappa shape index (κ1) is 17.7.